The third kappa shape index (κ3) is 10.0. The Balaban J connectivity index is 0.000000184. The molecule has 24 heteroatoms. The molecular formula is C37H34BrN13O8S2. The fourth-order valence-electron chi connectivity index (χ4n) is 6.13. The summed E-state index contributed by atoms with van der Waals surface area (Å²) in [7, 11) is -7.44. The summed E-state index contributed by atoms with van der Waals surface area (Å²) in [5.41, 5.74) is 2.51. The molecule has 0 aliphatic carbocycles. The highest BCUT2D eigenvalue weighted by Crippen LogP contribution is 2.30. The quantitative estimate of drug-likeness (QED) is 0.154. The van der Waals surface area contributed by atoms with E-state index in [1.165, 1.54) is 51.1 Å². The predicted octanol–water partition coefficient (Wildman–Crippen LogP) is 2.91. The van der Waals surface area contributed by atoms with Gasteiger partial charge in [0.25, 0.3) is 11.8 Å². The lowest BCUT2D eigenvalue weighted by atomic mass is 10.1. The number of ether oxygens (including phenoxy) is 2. The molecule has 314 valence electrons. The van der Waals surface area contributed by atoms with Gasteiger partial charge < -0.3 is 20.1 Å². The number of H-pyrrole nitrogens is 2. The lowest BCUT2D eigenvalue weighted by Gasteiger charge is -2.26. The zero-order valence-electron chi connectivity index (χ0n) is 31.7. The van der Waals surface area contributed by atoms with E-state index in [4.69, 9.17) is 14.7 Å². The maximum absolute atomic E-state index is 12.9. The van der Waals surface area contributed by atoms with Crippen molar-refractivity contribution in [3.63, 3.8) is 0 Å². The normalized spacial score (nSPS) is 14.9. The number of aromatic amines is 2. The number of nitrogens with one attached hydrogen (secondary N) is 4. The van der Waals surface area contributed by atoms with Crippen molar-refractivity contribution in [2.75, 3.05) is 63.2 Å². The average Bonchev–Trinajstić information content (AvgIpc) is 4.05. The van der Waals surface area contributed by atoms with Crippen LogP contribution in [0.5, 0.6) is 0 Å². The zero-order chi connectivity index (χ0) is 43.0. The van der Waals surface area contributed by atoms with Crippen LogP contribution >= 0.6 is 15.9 Å². The third-order valence-corrected chi connectivity index (χ3v) is 13.5. The first-order valence-electron chi connectivity index (χ1n) is 18.2. The van der Waals surface area contributed by atoms with Crippen LogP contribution in [0.25, 0.3) is 22.8 Å². The van der Waals surface area contributed by atoms with Crippen LogP contribution in [0.15, 0.2) is 99.2 Å². The van der Waals surface area contributed by atoms with E-state index in [0.717, 1.165) is 4.47 Å². The van der Waals surface area contributed by atoms with E-state index < -0.39 is 31.9 Å². The van der Waals surface area contributed by atoms with Gasteiger partial charge in [-0.05, 0) is 83.2 Å². The molecule has 0 saturated carbocycles. The number of tetrazole rings is 2. The monoisotopic (exact) mass is 931 g/mol. The SMILES string of the molecule is N#Cc1ccc(NC(=O)c2cccc(S(=O)(=O)N3CCOCC3)c2)c(-c2nn[nH]n2)c1.O=C(Nc1ccc(Br)cc1-c1nn[nH]n1)c1cccc(S(=O)(=O)N2CCOCC2)c1. The molecule has 2 aromatic heterocycles. The molecule has 2 aliphatic heterocycles. The van der Waals surface area contributed by atoms with Gasteiger partial charge >= 0.3 is 0 Å². The second-order valence-corrected chi connectivity index (χ2v) is 17.8. The molecule has 2 amide bonds. The molecule has 21 nitrogen and oxygen atoms in total. The first kappa shape index (κ1) is 42.8. The number of hydrogen-bond acceptors (Lipinski definition) is 15. The topological polar surface area (TPSA) is 284 Å². The van der Waals surface area contributed by atoms with Gasteiger partial charge in [0.15, 0.2) is 0 Å². The summed E-state index contributed by atoms with van der Waals surface area (Å²) in [5, 5.41) is 42.1. The van der Waals surface area contributed by atoms with E-state index >= 15 is 0 Å². The molecule has 0 atom stereocenters. The summed E-state index contributed by atoms with van der Waals surface area (Å²) in [6, 6.07) is 23.6. The van der Waals surface area contributed by atoms with Gasteiger partial charge in [-0.3, -0.25) is 9.59 Å². The molecule has 8 rings (SSSR count). The van der Waals surface area contributed by atoms with Gasteiger partial charge in [-0.1, -0.05) is 28.1 Å². The number of carbonyl (C=O) groups is 2. The zero-order valence-corrected chi connectivity index (χ0v) is 34.9. The van der Waals surface area contributed by atoms with Crippen LogP contribution in [0.3, 0.4) is 0 Å². The molecule has 0 spiro atoms. The van der Waals surface area contributed by atoms with Crippen molar-refractivity contribution < 1.29 is 35.9 Å². The largest absolute Gasteiger partial charge is 0.379 e. The van der Waals surface area contributed by atoms with E-state index in [9.17, 15) is 26.4 Å². The van der Waals surface area contributed by atoms with Crippen LogP contribution in [0.1, 0.15) is 26.3 Å². The first-order chi connectivity index (χ1) is 29.4. The smallest absolute Gasteiger partial charge is 0.255 e. The maximum Gasteiger partial charge on any atom is 0.255 e. The number of anilines is 2. The van der Waals surface area contributed by atoms with Crippen LogP contribution in [0, 0.1) is 11.3 Å². The summed E-state index contributed by atoms with van der Waals surface area (Å²) in [4.78, 5) is 25.8. The Morgan fingerprint density at radius 2 is 1.11 bits per heavy atom. The van der Waals surface area contributed by atoms with Crippen molar-refractivity contribution in [1.29, 1.82) is 5.26 Å². The van der Waals surface area contributed by atoms with E-state index in [1.54, 1.807) is 42.5 Å². The Kier molecular flexibility index (Phi) is 13.3. The second-order valence-electron chi connectivity index (χ2n) is 13.0. The van der Waals surface area contributed by atoms with E-state index in [2.05, 4.69) is 67.8 Å². The number of nitriles is 1. The number of rotatable bonds is 10. The van der Waals surface area contributed by atoms with Gasteiger partial charge in [-0.15, -0.1) is 20.4 Å². The van der Waals surface area contributed by atoms with Crippen molar-refractivity contribution >= 4 is 59.2 Å². The number of benzene rings is 4. The molecule has 0 bridgehead atoms. The molecule has 0 radical (unpaired) electrons. The first-order valence-corrected chi connectivity index (χ1v) is 21.9. The fourth-order valence-corrected chi connectivity index (χ4v) is 9.40. The molecule has 4 heterocycles. The second kappa shape index (κ2) is 18.9. The summed E-state index contributed by atoms with van der Waals surface area (Å²) in [6.07, 6.45) is 0. The average molecular weight is 933 g/mol. The number of hydrogen-bond donors (Lipinski definition) is 4. The molecule has 4 aromatic carbocycles. The Morgan fingerprint density at radius 3 is 1.56 bits per heavy atom. The minimum Gasteiger partial charge on any atom is -0.379 e. The molecule has 6 aromatic rings. The van der Waals surface area contributed by atoms with Crippen molar-refractivity contribution in [3.8, 4) is 28.8 Å². The lowest BCUT2D eigenvalue weighted by molar-refractivity contribution is 0.0730. The van der Waals surface area contributed by atoms with E-state index in [0.29, 0.717) is 60.3 Å². The van der Waals surface area contributed by atoms with Gasteiger partial charge in [0, 0.05) is 52.9 Å². The Bertz CT molecular complexity index is 2790. The number of nitrogens with zero attached hydrogens (tertiary/aromatic N) is 9. The van der Waals surface area contributed by atoms with Crippen LogP contribution in [0.4, 0.5) is 11.4 Å². The maximum atomic E-state index is 12.9. The number of aromatic nitrogens is 8. The predicted molar refractivity (Wildman–Crippen MR) is 220 cm³/mol. The summed E-state index contributed by atoms with van der Waals surface area (Å²) < 4.78 is 65.4. The molecular weight excluding hydrogens is 899 g/mol. The molecule has 2 aliphatic rings. The number of sulfonamides is 2. The van der Waals surface area contributed by atoms with Crippen molar-refractivity contribution in [1.82, 2.24) is 49.9 Å². The Hall–Kier alpha value is -6.33. The number of amides is 2. The Morgan fingerprint density at radius 1 is 0.656 bits per heavy atom. The van der Waals surface area contributed by atoms with Gasteiger partial charge in [-0.25, -0.2) is 16.8 Å². The molecule has 0 unspecified atom stereocenters. The molecule has 61 heavy (non-hydrogen) atoms. The number of carbonyl (C=O) groups excluding carboxylic acids is 2. The highest BCUT2D eigenvalue weighted by molar-refractivity contribution is 9.10. The van der Waals surface area contributed by atoms with Gasteiger partial charge in [0.1, 0.15) is 0 Å². The number of morpholine rings is 2. The van der Waals surface area contributed by atoms with Crippen molar-refractivity contribution in [3.05, 3.63) is 106 Å². The molecule has 2 fully saturated rings. The van der Waals surface area contributed by atoms with E-state index in [-0.39, 0.29) is 52.9 Å². The highest BCUT2D eigenvalue weighted by Gasteiger charge is 2.28. The minimum atomic E-state index is -3.74. The van der Waals surface area contributed by atoms with Crippen molar-refractivity contribution in [2.24, 2.45) is 0 Å². The van der Waals surface area contributed by atoms with E-state index in [1.807, 2.05) is 6.07 Å². The van der Waals surface area contributed by atoms with Crippen LogP contribution in [-0.4, -0.2) is 131 Å². The highest BCUT2D eigenvalue weighted by atomic mass is 79.9. The summed E-state index contributed by atoms with van der Waals surface area (Å²) in [5.74, 6) is -0.458. The minimum absolute atomic E-state index is 0.0280. The fraction of sp³-hybridized carbons (Fsp3) is 0.216. The van der Waals surface area contributed by atoms with Crippen molar-refractivity contribution in [2.45, 2.75) is 9.79 Å². The van der Waals surface area contributed by atoms with Gasteiger partial charge in [0.05, 0.1) is 59.2 Å². The molecule has 2 saturated heterocycles. The molecule has 4 N–H and O–H groups in total. The van der Waals surface area contributed by atoms with Crippen LogP contribution in [-0.2, 0) is 29.5 Å². The number of halogens is 1. The standard InChI is InChI=1S/C19H17N7O4S.C18H17BrN6O4S/c20-12-13-4-5-17(16(10-13)18-22-24-25-23-18)21-19(27)14-2-1-3-15(11-14)31(28,29)26-6-8-30-9-7-26;19-13-4-5-16(15(11-13)17-21-23-24-22-17)20-18(26)12-2-1-3-14(10-12)30(27,28)25-6-8-29-9-7-25/h1-5,10-11H,6-9H2,(H,21,27)(H,22,23,24,25);1-5,10-11H,6-9H2,(H,20,26)(H,21,22,23,24). The van der Waals surface area contributed by atoms with Crippen LogP contribution in [0.2, 0.25) is 0 Å². The van der Waals surface area contributed by atoms with Crippen LogP contribution < -0.4 is 10.6 Å². The summed E-state index contributed by atoms with van der Waals surface area (Å²) >= 11 is 3.38. The Labute approximate surface area is 356 Å². The summed E-state index contributed by atoms with van der Waals surface area (Å²) in [6.45, 7) is 2.45. The third-order valence-electron chi connectivity index (χ3n) is 9.21. The lowest BCUT2D eigenvalue weighted by Crippen LogP contribution is -2.40. The van der Waals surface area contributed by atoms with Gasteiger partial charge in [0.2, 0.25) is 31.7 Å². The van der Waals surface area contributed by atoms with Gasteiger partial charge in [-0.2, -0.15) is 24.3 Å².